The van der Waals surface area contributed by atoms with Gasteiger partial charge >= 0.3 is 11.9 Å². The van der Waals surface area contributed by atoms with Gasteiger partial charge in [0.25, 0.3) is 0 Å². The fourth-order valence-corrected chi connectivity index (χ4v) is 2.38. The van der Waals surface area contributed by atoms with E-state index in [0.717, 1.165) is 12.8 Å². The van der Waals surface area contributed by atoms with Crippen LogP contribution in [0.25, 0.3) is 0 Å². The number of carboxylic acids is 1. The predicted molar refractivity (Wildman–Crippen MR) is 97.2 cm³/mol. The molecule has 6 heteroatoms. The summed E-state index contributed by atoms with van der Waals surface area (Å²) in [5.41, 5.74) is -0.103. The van der Waals surface area contributed by atoms with Crippen LogP contribution in [0.15, 0.2) is 12.2 Å². The van der Waals surface area contributed by atoms with E-state index in [1.165, 1.54) is 44.9 Å². The first-order valence-electron chi connectivity index (χ1n) is 9.30. The number of hydrogen-bond acceptors (Lipinski definition) is 4. The molecule has 0 aromatic heterocycles. The Hall–Kier alpha value is -1.85. The lowest BCUT2D eigenvalue weighted by Gasteiger charge is -2.07. The van der Waals surface area contributed by atoms with Gasteiger partial charge in [0, 0.05) is 12.0 Å². The van der Waals surface area contributed by atoms with Gasteiger partial charge in [-0.1, -0.05) is 64.9 Å². The Morgan fingerprint density at radius 2 is 1.52 bits per heavy atom. The SMILES string of the molecule is C=C(CC(=O)O)C(=O)OCCNC(=O)CCCCCCCCCCC. The van der Waals surface area contributed by atoms with Crippen molar-refractivity contribution in [3.8, 4) is 0 Å². The van der Waals surface area contributed by atoms with E-state index >= 15 is 0 Å². The van der Waals surface area contributed by atoms with Crippen LogP contribution in [0.5, 0.6) is 0 Å². The molecule has 0 saturated carbocycles. The number of esters is 1. The minimum atomic E-state index is -1.13. The number of amides is 1. The van der Waals surface area contributed by atoms with Gasteiger partial charge in [-0.3, -0.25) is 9.59 Å². The Bertz CT molecular complexity index is 420. The van der Waals surface area contributed by atoms with Crippen LogP contribution in [0.2, 0.25) is 0 Å². The molecule has 0 aromatic carbocycles. The molecular weight excluding hydrogens is 322 g/mol. The summed E-state index contributed by atoms with van der Waals surface area (Å²) in [5, 5.41) is 11.2. The van der Waals surface area contributed by atoms with E-state index in [2.05, 4.69) is 18.8 Å². The van der Waals surface area contributed by atoms with Gasteiger partial charge in [0.15, 0.2) is 0 Å². The Morgan fingerprint density at radius 1 is 0.960 bits per heavy atom. The number of rotatable bonds is 16. The van der Waals surface area contributed by atoms with Crippen molar-refractivity contribution in [1.82, 2.24) is 5.32 Å². The van der Waals surface area contributed by atoms with Gasteiger partial charge in [-0.25, -0.2) is 4.79 Å². The highest BCUT2D eigenvalue weighted by Gasteiger charge is 2.12. The maximum Gasteiger partial charge on any atom is 0.334 e. The highest BCUT2D eigenvalue weighted by molar-refractivity contribution is 5.92. The molecule has 0 radical (unpaired) electrons. The third kappa shape index (κ3) is 15.4. The normalized spacial score (nSPS) is 10.3. The fourth-order valence-electron chi connectivity index (χ4n) is 2.38. The van der Waals surface area contributed by atoms with Gasteiger partial charge < -0.3 is 15.2 Å². The molecule has 0 aliphatic rings. The maximum absolute atomic E-state index is 11.6. The van der Waals surface area contributed by atoms with Crippen molar-refractivity contribution in [3.63, 3.8) is 0 Å². The van der Waals surface area contributed by atoms with Crippen LogP contribution in [0.3, 0.4) is 0 Å². The molecule has 25 heavy (non-hydrogen) atoms. The second-order valence-corrected chi connectivity index (χ2v) is 6.24. The smallest absolute Gasteiger partial charge is 0.334 e. The molecular formula is C19H33NO5. The van der Waals surface area contributed by atoms with Gasteiger partial charge in [-0.2, -0.15) is 0 Å². The number of hydrogen-bond donors (Lipinski definition) is 2. The van der Waals surface area contributed by atoms with E-state index in [4.69, 9.17) is 9.84 Å². The van der Waals surface area contributed by atoms with Gasteiger partial charge in [0.05, 0.1) is 13.0 Å². The minimum Gasteiger partial charge on any atom is -0.481 e. The van der Waals surface area contributed by atoms with Gasteiger partial charge in [0.1, 0.15) is 6.61 Å². The first-order valence-corrected chi connectivity index (χ1v) is 9.30. The van der Waals surface area contributed by atoms with Crippen molar-refractivity contribution in [2.45, 2.75) is 77.6 Å². The van der Waals surface area contributed by atoms with Crippen molar-refractivity contribution < 1.29 is 24.2 Å². The molecule has 0 heterocycles. The maximum atomic E-state index is 11.6. The van der Waals surface area contributed by atoms with E-state index in [0.29, 0.717) is 6.42 Å². The van der Waals surface area contributed by atoms with E-state index in [1.807, 2.05) is 0 Å². The summed E-state index contributed by atoms with van der Waals surface area (Å²) >= 11 is 0. The highest BCUT2D eigenvalue weighted by atomic mass is 16.5. The largest absolute Gasteiger partial charge is 0.481 e. The molecule has 0 fully saturated rings. The molecule has 2 N–H and O–H groups in total. The third-order valence-electron chi connectivity index (χ3n) is 3.82. The topological polar surface area (TPSA) is 92.7 Å². The van der Waals surface area contributed by atoms with Crippen LogP contribution in [0.4, 0.5) is 0 Å². The Labute approximate surface area is 151 Å². The van der Waals surface area contributed by atoms with Crippen molar-refractivity contribution in [3.05, 3.63) is 12.2 Å². The minimum absolute atomic E-state index is 0.0149. The number of carbonyl (C=O) groups is 3. The zero-order chi connectivity index (χ0) is 18.9. The molecule has 0 spiro atoms. The number of carboxylic acid groups (broad SMARTS) is 1. The lowest BCUT2D eigenvalue weighted by molar-refractivity contribution is -0.142. The van der Waals surface area contributed by atoms with E-state index < -0.39 is 18.4 Å². The summed E-state index contributed by atoms with van der Waals surface area (Å²) in [6, 6.07) is 0. The van der Waals surface area contributed by atoms with Crippen LogP contribution in [0.1, 0.15) is 77.6 Å². The summed E-state index contributed by atoms with van der Waals surface area (Å²) < 4.78 is 4.84. The first kappa shape index (κ1) is 23.1. The molecule has 0 aromatic rings. The van der Waals surface area contributed by atoms with E-state index in [-0.39, 0.29) is 24.6 Å². The molecule has 0 rings (SSSR count). The monoisotopic (exact) mass is 355 g/mol. The Kier molecular flexibility index (Phi) is 14.5. The van der Waals surface area contributed by atoms with Gasteiger partial charge in [0.2, 0.25) is 5.91 Å². The zero-order valence-corrected chi connectivity index (χ0v) is 15.5. The van der Waals surface area contributed by atoms with Crippen LogP contribution in [0, 0.1) is 0 Å². The van der Waals surface area contributed by atoms with Crippen LogP contribution >= 0.6 is 0 Å². The standard InChI is InChI=1S/C19H33NO5/c1-3-4-5-6-7-8-9-10-11-12-17(21)20-13-14-25-19(24)16(2)15-18(22)23/h2-15H2,1H3,(H,20,21)(H,22,23). The molecule has 0 aliphatic carbocycles. The molecule has 0 aliphatic heterocycles. The third-order valence-corrected chi connectivity index (χ3v) is 3.82. The van der Waals surface area contributed by atoms with Crippen LogP contribution in [-0.2, 0) is 19.1 Å². The summed E-state index contributed by atoms with van der Waals surface area (Å²) in [6.45, 7) is 5.80. The van der Waals surface area contributed by atoms with Crippen molar-refractivity contribution in [1.29, 1.82) is 0 Å². The number of aliphatic carboxylic acids is 1. The van der Waals surface area contributed by atoms with Crippen molar-refractivity contribution in [2.24, 2.45) is 0 Å². The lowest BCUT2D eigenvalue weighted by atomic mass is 10.1. The van der Waals surface area contributed by atoms with Crippen LogP contribution < -0.4 is 5.32 Å². The molecule has 1 amide bonds. The summed E-state index contributed by atoms with van der Waals surface area (Å²) in [5.74, 6) is -1.92. The number of ether oxygens (including phenoxy) is 1. The van der Waals surface area contributed by atoms with Gasteiger partial charge in [-0.05, 0) is 6.42 Å². The Morgan fingerprint density at radius 3 is 2.08 bits per heavy atom. The fraction of sp³-hybridized carbons (Fsp3) is 0.737. The molecule has 6 nitrogen and oxygen atoms in total. The van der Waals surface area contributed by atoms with E-state index in [1.54, 1.807) is 0 Å². The predicted octanol–water partition coefficient (Wildman–Crippen LogP) is 3.60. The van der Waals surface area contributed by atoms with Gasteiger partial charge in [-0.15, -0.1) is 0 Å². The molecule has 0 unspecified atom stereocenters. The van der Waals surface area contributed by atoms with Crippen molar-refractivity contribution >= 4 is 17.8 Å². The number of carbonyl (C=O) groups excluding carboxylic acids is 2. The second kappa shape index (κ2) is 15.7. The Balaban J connectivity index is 3.46. The lowest BCUT2D eigenvalue weighted by Crippen LogP contribution is -2.28. The summed E-state index contributed by atoms with van der Waals surface area (Å²) in [6.07, 6.45) is 10.9. The number of nitrogens with one attached hydrogen (secondary N) is 1. The highest BCUT2D eigenvalue weighted by Crippen LogP contribution is 2.10. The second-order valence-electron chi connectivity index (χ2n) is 6.24. The van der Waals surface area contributed by atoms with Crippen LogP contribution in [-0.4, -0.2) is 36.1 Å². The molecule has 0 saturated heterocycles. The molecule has 0 atom stereocenters. The average molecular weight is 355 g/mol. The zero-order valence-electron chi connectivity index (χ0n) is 15.5. The average Bonchev–Trinajstić information content (AvgIpc) is 2.56. The molecule has 0 bridgehead atoms. The molecule has 144 valence electrons. The summed E-state index contributed by atoms with van der Waals surface area (Å²) in [7, 11) is 0. The quantitative estimate of drug-likeness (QED) is 0.251. The number of unbranched alkanes of at least 4 members (excludes halogenated alkanes) is 8. The van der Waals surface area contributed by atoms with E-state index in [9.17, 15) is 14.4 Å². The van der Waals surface area contributed by atoms with Crippen molar-refractivity contribution in [2.75, 3.05) is 13.2 Å². The first-order chi connectivity index (χ1) is 12.0. The summed E-state index contributed by atoms with van der Waals surface area (Å²) in [4.78, 5) is 33.4.